The van der Waals surface area contributed by atoms with Gasteiger partial charge >= 0.3 is 0 Å². The van der Waals surface area contributed by atoms with Crippen LogP contribution in [0.15, 0.2) is 82.7 Å². The van der Waals surface area contributed by atoms with Gasteiger partial charge in [-0.3, -0.25) is 4.99 Å². The summed E-state index contributed by atoms with van der Waals surface area (Å²) in [7, 11) is 0. The Hall–Kier alpha value is -2.79. The molecule has 0 heterocycles. The number of amidine groups is 1. The summed E-state index contributed by atoms with van der Waals surface area (Å²) in [6.45, 7) is 8.40. The lowest BCUT2D eigenvalue weighted by Gasteiger charge is -2.28. The fraction of sp³-hybridized carbons (Fsp3) is 0.269. The number of halogens is 1. The molecule has 0 unspecified atom stereocenters. The van der Waals surface area contributed by atoms with Crippen LogP contribution in [0.5, 0.6) is 5.75 Å². The van der Waals surface area contributed by atoms with Gasteiger partial charge in [0.15, 0.2) is 5.17 Å². The molecule has 3 aromatic rings. The molecule has 0 aliphatic heterocycles. The topological polar surface area (TPSA) is 35.8 Å². The van der Waals surface area contributed by atoms with E-state index in [4.69, 9.17) is 4.99 Å². The number of aliphatic imine (C=N–C) groups is 1. The smallest absolute Gasteiger partial charge is 0.164 e. The SMILES string of the molecule is Cc1cccc(SC(=NCc2ccc(F)cc2)N(Cc2cccc(O)c2)CC(C)C)c1.[HH]. The van der Waals surface area contributed by atoms with Gasteiger partial charge in [0.25, 0.3) is 0 Å². The molecule has 3 rings (SSSR count). The molecule has 0 aliphatic carbocycles. The number of hydrogen-bond acceptors (Lipinski definition) is 3. The van der Waals surface area contributed by atoms with Crippen LogP contribution in [0.2, 0.25) is 0 Å². The first-order valence-electron chi connectivity index (χ1n) is 10.5. The zero-order valence-corrected chi connectivity index (χ0v) is 19.1. The largest absolute Gasteiger partial charge is 0.508 e. The number of hydrogen-bond donors (Lipinski definition) is 1. The van der Waals surface area contributed by atoms with E-state index >= 15 is 0 Å². The predicted molar refractivity (Wildman–Crippen MR) is 130 cm³/mol. The van der Waals surface area contributed by atoms with Gasteiger partial charge in [-0.1, -0.05) is 67.6 Å². The highest BCUT2D eigenvalue weighted by atomic mass is 32.2. The van der Waals surface area contributed by atoms with Crippen molar-refractivity contribution >= 4 is 16.9 Å². The number of phenols is 1. The van der Waals surface area contributed by atoms with Crippen LogP contribution in [0.4, 0.5) is 4.39 Å². The first-order chi connectivity index (χ1) is 14.9. The van der Waals surface area contributed by atoms with Crippen LogP contribution < -0.4 is 0 Å². The fourth-order valence-corrected chi connectivity index (χ4v) is 4.26. The van der Waals surface area contributed by atoms with E-state index in [1.165, 1.54) is 17.7 Å². The highest BCUT2D eigenvalue weighted by molar-refractivity contribution is 8.13. The van der Waals surface area contributed by atoms with Gasteiger partial charge in [-0.25, -0.2) is 4.39 Å². The van der Waals surface area contributed by atoms with Crippen molar-refractivity contribution in [3.63, 3.8) is 0 Å². The van der Waals surface area contributed by atoms with Crippen LogP contribution in [0.25, 0.3) is 0 Å². The van der Waals surface area contributed by atoms with Crippen molar-refractivity contribution in [2.24, 2.45) is 10.9 Å². The van der Waals surface area contributed by atoms with E-state index in [2.05, 4.69) is 49.9 Å². The predicted octanol–water partition coefficient (Wildman–Crippen LogP) is 6.89. The third kappa shape index (κ3) is 7.44. The molecule has 5 heteroatoms. The number of benzene rings is 3. The molecule has 0 saturated heterocycles. The van der Waals surface area contributed by atoms with Crippen molar-refractivity contribution in [3.8, 4) is 5.75 Å². The van der Waals surface area contributed by atoms with E-state index in [0.717, 1.165) is 27.7 Å². The molecule has 3 nitrogen and oxygen atoms in total. The van der Waals surface area contributed by atoms with Gasteiger partial charge in [0, 0.05) is 19.4 Å². The summed E-state index contributed by atoms with van der Waals surface area (Å²) in [6, 6.07) is 22.2. The van der Waals surface area contributed by atoms with Gasteiger partial charge < -0.3 is 10.0 Å². The summed E-state index contributed by atoms with van der Waals surface area (Å²) >= 11 is 1.64. The zero-order chi connectivity index (χ0) is 22.2. The van der Waals surface area contributed by atoms with E-state index in [1.807, 2.05) is 12.1 Å². The van der Waals surface area contributed by atoms with Crippen LogP contribution in [0, 0.1) is 18.7 Å². The Labute approximate surface area is 190 Å². The minimum Gasteiger partial charge on any atom is -0.508 e. The van der Waals surface area contributed by atoms with E-state index < -0.39 is 0 Å². The summed E-state index contributed by atoms with van der Waals surface area (Å²) in [5.74, 6) is 0.456. The lowest BCUT2D eigenvalue weighted by molar-refractivity contribution is 0.364. The van der Waals surface area contributed by atoms with E-state index in [1.54, 1.807) is 36.0 Å². The first-order valence-corrected chi connectivity index (χ1v) is 11.3. The quantitative estimate of drug-likeness (QED) is 0.248. The second kappa shape index (κ2) is 11.0. The van der Waals surface area contributed by atoms with Crippen molar-refractivity contribution in [1.82, 2.24) is 4.90 Å². The van der Waals surface area contributed by atoms with Crippen LogP contribution in [0.1, 0.15) is 32.0 Å². The van der Waals surface area contributed by atoms with Crippen molar-refractivity contribution in [2.75, 3.05) is 6.54 Å². The van der Waals surface area contributed by atoms with Crippen molar-refractivity contribution in [1.29, 1.82) is 0 Å². The fourth-order valence-electron chi connectivity index (χ4n) is 3.26. The van der Waals surface area contributed by atoms with Crippen molar-refractivity contribution in [3.05, 3.63) is 95.3 Å². The summed E-state index contributed by atoms with van der Waals surface area (Å²) in [4.78, 5) is 8.33. The molecule has 0 atom stereocenters. The third-order valence-corrected chi connectivity index (χ3v) is 5.71. The normalized spacial score (nSPS) is 11.7. The van der Waals surface area contributed by atoms with Crippen molar-refractivity contribution < 1.29 is 10.9 Å². The average Bonchev–Trinajstić information content (AvgIpc) is 2.71. The molecule has 0 aromatic heterocycles. The average molecular weight is 439 g/mol. The van der Waals surface area contributed by atoms with Crippen LogP contribution in [-0.4, -0.2) is 21.7 Å². The minimum atomic E-state index is -0.243. The van der Waals surface area contributed by atoms with Gasteiger partial charge in [-0.05, 0) is 60.4 Å². The maximum Gasteiger partial charge on any atom is 0.164 e. The Kier molecular flexibility index (Phi) is 8.13. The second-order valence-corrected chi connectivity index (χ2v) is 9.13. The molecular formula is C26H31FN2OS. The Morgan fingerprint density at radius 1 is 1.03 bits per heavy atom. The maximum absolute atomic E-state index is 13.3. The highest BCUT2D eigenvalue weighted by Gasteiger charge is 2.16. The Morgan fingerprint density at radius 2 is 1.77 bits per heavy atom. The summed E-state index contributed by atoms with van der Waals surface area (Å²) in [5.41, 5.74) is 3.19. The molecule has 0 saturated carbocycles. The molecule has 0 fully saturated rings. The standard InChI is InChI=1S/C26H29FN2OS.H2/c1-19(2)17-29(18-22-7-5-8-24(30)15-22)26(31-25-9-4-6-20(3)14-25)28-16-21-10-12-23(27)13-11-21;/h4-15,19,30H,16-18H2,1-3H3;1H. The first kappa shape index (κ1) is 22.9. The monoisotopic (exact) mass is 438 g/mol. The molecule has 164 valence electrons. The Morgan fingerprint density at radius 3 is 2.45 bits per heavy atom. The van der Waals surface area contributed by atoms with Gasteiger partial charge in [0.1, 0.15) is 11.6 Å². The summed E-state index contributed by atoms with van der Waals surface area (Å²) < 4.78 is 13.3. The van der Waals surface area contributed by atoms with Gasteiger partial charge in [0.2, 0.25) is 0 Å². The zero-order valence-electron chi connectivity index (χ0n) is 18.3. The van der Waals surface area contributed by atoms with Gasteiger partial charge in [-0.15, -0.1) is 0 Å². The van der Waals surface area contributed by atoms with Crippen molar-refractivity contribution in [2.45, 2.75) is 38.8 Å². The third-order valence-electron chi connectivity index (χ3n) is 4.65. The minimum absolute atomic E-state index is 0. The Bertz CT molecular complexity index is 1020. The molecule has 3 aromatic carbocycles. The molecule has 0 bridgehead atoms. The van der Waals surface area contributed by atoms with Crippen LogP contribution in [0.3, 0.4) is 0 Å². The molecule has 0 radical (unpaired) electrons. The number of aryl methyl sites for hydroxylation is 1. The van der Waals surface area contributed by atoms with Gasteiger partial charge in [-0.2, -0.15) is 0 Å². The highest BCUT2D eigenvalue weighted by Crippen LogP contribution is 2.26. The van der Waals surface area contributed by atoms with Gasteiger partial charge in [0.05, 0.1) is 6.54 Å². The summed E-state index contributed by atoms with van der Waals surface area (Å²) in [6.07, 6.45) is 0. The number of aromatic hydroxyl groups is 1. The molecular weight excluding hydrogens is 407 g/mol. The van der Waals surface area contributed by atoms with E-state index in [0.29, 0.717) is 19.0 Å². The van der Waals surface area contributed by atoms with Crippen LogP contribution in [-0.2, 0) is 13.1 Å². The molecule has 0 amide bonds. The lowest BCUT2D eigenvalue weighted by atomic mass is 10.1. The lowest BCUT2D eigenvalue weighted by Crippen LogP contribution is -2.32. The van der Waals surface area contributed by atoms with E-state index in [-0.39, 0.29) is 13.0 Å². The number of phenolic OH excluding ortho intramolecular Hbond substituents is 1. The number of rotatable bonds is 7. The molecule has 1 N–H and O–H groups in total. The molecule has 0 aliphatic rings. The molecule has 31 heavy (non-hydrogen) atoms. The maximum atomic E-state index is 13.3. The van der Waals surface area contributed by atoms with Crippen LogP contribution >= 0.6 is 11.8 Å². The Balaban J connectivity index is 0.00000363. The number of nitrogens with zero attached hydrogens (tertiary/aromatic N) is 2. The van der Waals surface area contributed by atoms with E-state index in [9.17, 15) is 9.50 Å². The number of thioether (sulfide) groups is 1. The second-order valence-electron chi connectivity index (χ2n) is 8.09. The summed E-state index contributed by atoms with van der Waals surface area (Å²) in [5, 5.41) is 10.8. The molecule has 0 spiro atoms.